The van der Waals surface area contributed by atoms with E-state index in [1.165, 1.54) is 0 Å². The van der Waals surface area contributed by atoms with Crippen LogP contribution in [0.5, 0.6) is 0 Å². The van der Waals surface area contributed by atoms with Crippen molar-refractivity contribution in [1.29, 1.82) is 0 Å². The van der Waals surface area contributed by atoms with Crippen molar-refractivity contribution in [3.8, 4) is 0 Å². The SMILES string of the molecule is CCN[C@H](C)CNC(=O)c1cc(Br)cn1CC. The molecule has 0 saturated heterocycles. The molecule has 1 rings (SSSR count). The Hall–Kier alpha value is -0.810. The van der Waals surface area contributed by atoms with E-state index in [4.69, 9.17) is 0 Å². The van der Waals surface area contributed by atoms with E-state index in [1.54, 1.807) is 0 Å². The lowest BCUT2D eigenvalue weighted by Gasteiger charge is -2.13. The molecule has 1 aromatic heterocycles. The van der Waals surface area contributed by atoms with Crippen LogP contribution in [0.3, 0.4) is 0 Å². The highest BCUT2D eigenvalue weighted by Gasteiger charge is 2.12. The molecule has 0 saturated carbocycles. The lowest BCUT2D eigenvalue weighted by Crippen LogP contribution is -2.39. The lowest BCUT2D eigenvalue weighted by atomic mass is 10.3. The molecule has 0 radical (unpaired) electrons. The second-order valence-corrected chi connectivity index (χ2v) is 4.91. The maximum Gasteiger partial charge on any atom is 0.267 e. The molecule has 0 aromatic carbocycles. The van der Waals surface area contributed by atoms with Gasteiger partial charge in [0, 0.05) is 29.8 Å². The van der Waals surface area contributed by atoms with Gasteiger partial charge in [-0.1, -0.05) is 6.92 Å². The van der Waals surface area contributed by atoms with Gasteiger partial charge in [-0.25, -0.2) is 0 Å². The van der Waals surface area contributed by atoms with Crippen molar-refractivity contribution in [3.63, 3.8) is 0 Å². The van der Waals surface area contributed by atoms with E-state index in [-0.39, 0.29) is 11.9 Å². The molecule has 0 unspecified atom stereocenters. The van der Waals surface area contributed by atoms with E-state index in [2.05, 4.69) is 40.4 Å². The van der Waals surface area contributed by atoms with E-state index in [0.717, 1.165) is 17.6 Å². The summed E-state index contributed by atoms with van der Waals surface area (Å²) in [7, 11) is 0. The third-order valence-electron chi connectivity index (χ3n) is 2.56. The van der Waals surface area contributed by atoms with Crippen molar-refractivity contribution < 1.29 is 4.79 Å². The highest BCUT2D eigenvalue weighted by atomic mass is 79.9. The van der Waals surface area contributed by atoms with Gasteiger partial charge in [0.15, 0.2) is 0 Å². The average Bonchev–Trinajstić information content (AvgIpc) is 2.68. The van der Waals surface area contributed by atoms with Crippen LogP contribution in [0.1, 0.15) is 31.3 Å². The van der Waals surface area contributed by atoms with Crippen LogP contribution in [0.2, 0.25) is 0 Å². The Morgan fingerprint density at radius 3 is 2.82 bits per heavy atom. The zero-order valence-corrected chi connectivity index (χ0v) is 12.2. The second kappa shape index (κ2) is 6.81. The first-order chi connectivity index (χ1) is 8.08. The maximum absolute atomic E-state index is 12.0. The predicted octanol–water partition coefficient (Wildman–Crippen LogP) is 2.00. The number of carbonyl (C=O) groups excluding carboxylic acids is 1. The van der Waals surface area contributed by atoms with Gasteiger partial charge in [-0.15, -0.1) is 0 Å². The number of aromatic nitrogens is 1. The second-order valence-electron chi connectivity index (χ2n) is 4.00. The number of halogens is 1. The highest BCUT2D eigenvalue weighted by molar-refractivity contribution is 9.10. The first-order valence-corrected chi connectivity index (χ1v) is 6.75. The summed E-state index contributed by atoms with van der Waals surface area (Å²) in [6.07, 6.45) is 1.92. The van der Waals surface area contributed by atoms with Crippen molar-refractivity contribution in [2.24, 2.45) is 0 Å². The summed E-state index contributed by atoms with van der Waals surface area (Å²) in [6.45, 7) is 8.46. The number of hydrogen-bond donors (Lipinski definition) is 2. The fourth-order valence-electron chi connectivity index (χ4n) is 1.68. The quantitative estimate of drug-likeness (QED) is 0.844. The molecule has 96 valence electrons. The van der Waals surface area contributed by atoms with Gasteiger partial charge in [0.05, 0.1) is 0 Å². The molecule has 17 heavy (non-hydrogen) atoms. The van der Waals surface area contributed by atoms with Crippen LogP contribution < -0.4 is 10.6 Å². The third kappa shape index (κ3) is 4.16. The molecule has 1 aromatic rings. The van der Waals surface area contributed by atoms with Gasteiger partial charge in [-0.05, 0) is 42.4 Å². The summed E-state index contributed by atoms with van der Waals surface area (Å²) in [6, 6.07) is 2.13. The maximum atomic E-state index is 12.0. The fourth-order valence-corrected chi connectivity index (χ4v) is 2.15. The summed E-state index contributed by atoms with van der Waals surface area (Å²) < 4.78 is 2.86. The molecule has 1 heterocycles. The van der Waals surface area contributed by atoms with Crippen molar-refractivity contribution in [2.45, 2.75) is 33.4 Å². The minimum absolute atomic E-state index is 0.0256. The zero-order chi connectivity index (χ0) is 12.8. The van der Waals surface area contributed by atoms with Crippen molar-refractivity contribution in [2.75, 3.05) is 13.1 Å². The van der Waals surface area contributed by atoms with E-state index in [1.807, 2.05) is 23.8 Å². The third-order valence-corrected chi connectivity index (χ3v) is 2.99. The van der Waals surface area contributed by atoms with Crippen LogP contribution in [0.15, 0.2) is 16.7 Å². The molecule has 2 N–H and O–H groups in total. The Kier molecular flexibility index (Phi) is 5.71. The molecule has 0 aliphatic rings. The standard InChI is InChI=1S/C12H20BrN3O/c1-4-14-9(3)7-15-12(17)11-6-10(13)8-16(11)5-2/h6,8-9,14H,4-5,7H2,1-3H3,(H,15,17)/t9-/m1/s1. The van der Waals surface area contributed by atoms with Gasteiger partial charge in [0.2, 0.25) is 0 Å². The zero-order valence-electron chi connectivity index (χ0n) is 10.6. The van der Waals surface area contributed by atoms with E-state index < -0.39 is 0 Å². The van der Waals surface area contributed by atoms with E-state index in [0.29, 0.717) is 12.2 Å². The minimum Gasteiger partial charge on any atom is -0.349 e. The van der Waals surface area contributed by atoms with Crippen LogP contribution >= 0.6 is 15.9 Å². The van der Waals surface area contributed by atoms with Crippen LogP contribution in [-0.4, -0.2) is 29.6 Å². The number of rotatable bonds is 6. The van der Waals surface area contributed by atoms with Crippen LogP contribution in [0.25, 0.3) is 0 Å². The topological polar surface area (TPSA) is 46.1 Å². The monoisotopic (exact) mass is 301 g/mol. The van der Waals surface area contributed by atoms with Gasteiger partial charge in [0.1, 0.15) is 5.69 Å². The van der Waals surface area contributed by atoms with Gasteiger partial charge in [0.25, 0.3) is 5.91 Å². The molecule has 1 amide bonds. The molecular formula is C12H20BrN3O. The van der Waals surface area contributed by atoms with Crippen molar-refractivity contribution in [1.82, 2.24) is 15.2 Å². The summed E-state index contributed by atoms with van der Waals surface area (Å²) in [5, 5.41) is 6.18. The number of nitrogens with zero attached hydrogens (tertiary/aromatic N) is 1. The lowest BCUT2D eigenvalue weighted by molar-refractivity contribution is 0.0941. The Morgan fingerprint density at radius 1 is 1.53 bits per heavy atom. The van der Waals surface area contributed by atoms with Crippen molar-refractivity contribution in [3.05, 3.63) is 22.4 Å². The molecule has 0 aliphatic carbocycles. The Bertz CT molecular complexity index is 376. The molecule has 5 heteroatoms. The number of hydrogen-bond acceptors (Lipinski definition) is 2. The minimum atomic E-state index is -0.0256. The smallest absolute Gasteiger partial charge is 0.267 e. The van der Waals surface area contributed by atoms with Gasteiger partial charge < -0.3 is 15.2 Å². The van der Waals surface area contributed by atoms with Crippen LogP contribution in [0.4, 0.5) is 0 Å². The summed E-state index contributed by atoms with van der Waals surface area (Å²) >= 11 is 3.38. The van der Waals surface area contributed by atoms with Gasteiger partial charge in [-0.2, -0.15) is 0 Å². The summed E-state index contributed by atoms with van der Waals surface area (Å²) in [5.74, 6) is -0.0256. The predicted molar refractivity (Wildman–Crippen MR) is 73.3 cm³/mol. The Morgan fingerprint density at radius 2 is 2.24 bits per heavy atom. The van der Waals surface area contributed by atoms with Crippen LogP contribution in [-0.2, 0) is 6.54 Å². The summed E-state index contributed by atoms with van der Waals surface area (Å²) in [5.41, 5.74) is 0.697. The van der Waals surface area contributed by atoms with Gasteiger partial charge >= 0.3 is 0 Å². The molecule has 0 aliphatic heterocycles. The normalized spacial score (nSPS) is 12.5. The highest BCUT2D eigenvalue weighted by Crippen LogP contribution is 2.14. The fraction of sp³-hybridized carbons (Fsp3) is 0.583. The number of carbonyl (C=O) groups is 1. The Balaban J connectivity index is 2.57. The molecule has 0 spiro atoms. The number of nitrogens with one attached hydrogen (secondary N) is 2. The average molecular weight is 302 g/mol. The van der Waals surface area contributed by atoms with Gasteiger partial charge in [-0.3, -0.25) is 4.79 Å². The summed E-state index contributed by atoms with van der Waals surface area (Å²) in [4.78, 5) is 12.0. The van der Waals surface area contributed by atoms with E-state index >= 15 is 0 Å². The Labute approximate surface area is 111 Å². The molecule has 0 bridgehead atoms. The van der Waals surface area contributed by atoms with E-state index in [9.17, 15) is 4.79 Å². The molecule has 1 atom stereocenters. The molecule has 4 nitrogen and oxygen atoms in total. The largest absolute Gasteiger partial charge is 0.349 e. The van der Waals surface area contributed by atoms with Crippen LogP contribution in [0, 0.1) is 0 Å². The number of amides is 1. The molecule has 0 fully saturated rings. The number of aryl methyl sites for hydroxylation is 1. The first kappa shape index (κ1) is 14.3. The first-order valence-electron chi connectivity index (χ1n) is 5.95. The number of likely N-dealkylation sites (N-methyl/N-ethyl adjacent to an activating group) is 1. The molecular weight excluding hydrogens is 282 g/mol. The van der Waals surface area contributed by atoms with Crippen molar-refractivity contribution >= 4 is 21.8 Å².